The van der Waals surface area contributed by atoms with E-state index in [-0.39, 0.29) is 5.91 Å². The highest BCUT2D eigenvalue weighted by molar-refractivity contribution is 5.92. The van der Waals surface area contributed by atoms with E-state index in [2.05, 4.69) is 27.7 Å². The molecule has 4 heteroatoms. The molecule has 0 atom stereocenters. The number of hydrogen-bond acceptors (Lipinski definition) is 3. The first-order valence-corrected chi connectivity index (χ1v) is 7.70. The highest BCUT2D eigenvalue weighted by Crippen LogP contribution is 2.20. The predicted molar refractivity (Wildman–Crippen MR) is 89.8 cm³/mol. The summed E-state index contributed by atoms with van der Waals surface area (Å²) in [4.78, 5) is 14.2. The fraction of sp³-hybridized carbons (Fsp3) is 0.278. The van der Waals surface area contributed by atoms with Crippen molar-refractivity contribution in [3.05, 3.63) is 54.6 Å². The molecule has 0 radical (unpaired) electrons. The summed E-state index contributed by atoms with van der Waals surface area (Å²) >= 11 is 0. The third-order valence-electron chi connectivity index (χ3n) is 3.85. The van der Waals surface area contributed by atoms with Crippen LogP contribution < -0.4 is 10.6 Å². The number of anilines is 1. The fourth-order valence-corrected chi connectivity index (χ4v) is 2.65. The predicted octanol–water partition coefficient (Wildman–Crippen LogP) is 2.20. The lowest BCUT2D eigenvalue weighted by atomic mass is 10.1. The van der Waals surface area contributed by atoms with Crippen molar-refractivity contribution in [3.63, 3.8) is 0 Å². The summed E-state index contributed by atoms with van der Waals surface area (Å²) < 4.78 is 0. The molecule has 22 heavy (non-hydrogen) atoms. The van der Waals surface area contributed by atoms with Crippen LogP contribution in [0.4, 0.5) is 5.69 Å². The first-order chi connectivity index (χ1) is 10.8. The van der Waals surface area contributed by atoms with Crippen LogP contribution in [0.15, 0.2) is 54.6 Å². The van der Waals surface area contributed by atoms with Gasteiger partial charge in [0.05, 0.1) is 6.54 Å². The summed E-state index contributed by atoms with van der Waals surface area (Å²) in [6, 6.07) is 18.2. The maximum atomic E-state index is 12.1. The number of nitrogens with one attached hydrogen (secondary N) is 2. The van der Waals surface area contributed by atoms with E-state index >= 15 is 0 Å². The van der Waals surface area contributed by atoms with Crippen LogP contribution in [0.5, 0.6) is 0 Å². The molecular weight excluding hydrogens is 274 g/mol. The molecular formula is C18H21N3O. The number of nitrogens with zero attached hydrogens (tertiary/aromatic N) is 1. The average molecular weight is 295 g/mol. The number of piperazine rings is 1. The molecule has 0 aromatic heterocycles. The summed E-state index contributed by atoms with van der Waals surface area (Å²) in [5.41, 5.74) is 3.18. The summed E-state index contributed by atoms with van der Waals surface area (Å²) in [6.07, 6.45) is 0. The number of amides is 1. The van der Waals surface area contributed by atoms with Gasteiger partial charge < -0.3 is 10.6 Å². The molecule has 1 amide bonds. The van der Waals surface area contributed by atoms with Gasteiger partial charge in [-0.25, -0.2) is 0 Å². The van der Waals surface area contributed by atoms with E-state index in [0.29, 0.717) is 6.54 Å². The minimum Gasteiger partial charge on any atom is -0.325 e. The Kier molecular flexibility index (Phi) is 4.83. The van der Waals surface area contributed by atoms with Crippen LogP contribution in [0, 0.1) is 0 Å². The standard InChI is InChI=1S/C18H21N3O/c22-18(14-21-12-10-19-11-13-21)20-17-8-6-16(7-9-17)15-4-2-1-3-5-15/h1-9,19H,10-14H2,(H,20,22). The molecule has 0 saturated carbocycles. The quantitative estimate of drug-likeness (QED) is 0.909. The van der Waals surface area contributed by atoms with Crippen LogP contribution in [0.1, 0.15) is 0 Å². The Hall–Kier alpha value is -2.17. The third kappa shape index (κ3) is 3.93. The van der Waals surface area contributed by atoms with E-state index in [1.165, 1.54) is 5.56 Å². The van der Waals surface area contributed by atoms with Crippen molar-refractivity contribution in [2.45, 2.75) is 0 Å². The zero-order chi connectivity index (χ0) is 15.2. The molecule has 0 unspecified atom stereocenters. The Morgan fingerprint density at radius 2 is 1.59 bits per heavy atom. The van der Waals surface area contributed by atoms with Gasteiger partial charge in [0.15, 0.2) is 0 Å². The van der Waals surface area contributed by atoms with Crippen molar-refractivity contribution in [2.75, 3.05) is 38.0 Å². The molecule has 0 bridgehead atoms. The van der Waals surface area contributed by atoms with Crippen LogP contribution in [-0.4, -0.2) is 43.5 Å². The Morgan fingerprint density at radius 1 is 0.955 bits per heavy atom. The van der Waals surface area contributed by atoms with Crippen molar-refractivity contribution in [2.24, 2.45) is 0 Å². The fourth-order valence-electron chi connectivity index (χ4n) is 2.65. The molecule has 1 saturated heterocycles. The molecule has 2 aromatic carbocycles. The maximum Gasteiger partial charge on any atom is 0.238 e. The van der Waals surface area contributed by atoms with E-state index in [4.69, 9.17) is 0 Å². The molecule has 4 nitrogen and oxygen atoms in total. The maximum absolute atomic E-state index is 12.1. The first-order valence-electron chi connectivity index (χ1n) is 7.70. The van der Waals surface area contributed by atoms with E-state index in [1.54, 1.807) is 0 Å². The van der Waals surface area contributed by atoms with Crippen molar-refractivity contribution < 1.29 is 4.79 Å². The van der Waals surface area contributed by atoms with Gasteiger partial charge >= 0.3 is 0 Å². The largest absolute Gasteiger partial charge is 0.325 e. The Labute approximate surface area is 131 Å². The third-order valence-corrected chi connectivity index (χ3v) is 3.85. The number of hydrogen-bond donors (Lipinski definition) is 2. The molecule has 3 rings (SSSR count). The van der Waals surface area contributed by atoms with Crippen LogP contribution in [0.3, 0.4) is 0 Å². The van der Waals surface area contributed by atoms with Crippen LogP contribution >= 0.6 is 0 Å². The van der Waals surface area contributed by atoms with Gasteiger partial charge in [-0.1, -0.05) is 42.5 Å². The second-order valence-corrected chi connectivity index (χ2v) is 5.52. The van der Waals surface area contributed by atoms with Gasteiger partial charge in [0, 0.05) is 31.9 Å². The summed E-state index contributed by atoms with van der Waals surface area (Å²) in [6.45, 7) is 4.24. The van der Waals surface area contributed by atoms with Crippen molar-refractivity contribution in [3.8, 4) is 11.1 Å². The number of benzene rings is 2. The highest BCUT2D eigenvalue weighted by atomic mass is 16.2. The van der Waals surface area contributed by atoms with E-state index < -0.39 is 0 Å². The lowest BCUT2D eigenvalue weighted by molar-refractivity contribution is -0.117. The van der Waals surface area contributed by atoms with Crippen molar-refractivity contribution in [1.29, 1.82) is 0 Å². The van der Waals surface area contributed by atoms with Gasteiger partial charge in [0.1, 0.15) is 0 Å². The Morgan fingerprint density at radius 3 is 2.27 bits per heavy atom. The summed E-state index contributed by atoms with van der Waals surface area (Å²) in [5.74, 6) is 0.0503. The monoisotopic (exact) mass is 295 g/mol. The topological polar surface area (TPSA) is 44.4 Å². The van der Waals surface area contributed by atoms with Crippen molar-refractivity contribution in [1.82, 2.24) is 10.2 Å². The molecule has 2 aromatic rings. The van der Waals surface area contributed by atoms with E-state index in [0.717, 1.165) is 37.4 Å². The second-order valence-electron chi connectivity index (χ2n) is 5.52. The molecule has 1 heterocycles. The van der Waals surface area contributed by atoms with Gasteiger partial charge in [0.2, 0.25) is 5.91 Å². The molecule has 0 spiro atoms. The zero-order valence-electron chi connectivity index (χ0n) is 12.6. The van der Waals surface area contributed by atoms with Crippen LogP contribution in [0.2, 0.25) is 0 Å². The van der Waals surface area contributed by atoms with Gasteiger partial charge in [0.25, 0.3) is 0 Å². The van der Waals surface area contributed by atoms with Gasteiger partial charge in [-0.05, 0) is 23.3 Å². The summed E-state index contributed by atoms with van der Waals surface area (Å²) in [7, 11) is 0. The smallest absolute Gasteiger partial charge is 0.238 e. The molecule has 1 fully saturated rings. The number of carbonyl (C=O) groups is 1. The minimum atomic E-state index is 0.0503. The SMILES string of the molecule is O=C(CN1CCNCC1)Nc1ccc(-c2ccccc2)cc1. The first kappa shape index (κ1) is 14.8. The second kappa shape index (κ2) is 7.20. The Bertz CT molecular complexity index is 604. The zero-order valence-corrected chi connectivity index (χ0v) is 12.6. The minimum absolute atomic E-state index is 0.0503. The van der Waals surface area contributed by atoms with E-state index in [9.17, 15) is 4.79 Å². The molecule has 0 aliphatic carbocycles. The molecule has 114 valence electrons. The Balaban J connectivity index is 1.57. The van der Waals surface area contributed by atoms with Gasteiger partial charge in [-0.15, -0.1) is 0 Å². The molecule has 1 aliphatic heterocycles. The lowest BCUT2D eigenvalue weighted by Gasteiger charge is -2.26. The average Bonchev–Trinajstić information content (AvgIpc) is 2.57. The molecule has 2 N–H and O–H groups in total. The normalized spacial score (nSPS) is 15.5. The summed E-state index contributed by atoms with van der Waals surface area (Å²) in [5, 5.41) is 6.25. The number of carbonyl (C=O) groups excluding carboxylic acids is 1. The highest BCUT2D eigenvalue weighted by Gasteiger charge is 2.13. The number of rotatable bonds is 4. The molecule has 1 aliphatic rings. The van der Waals surface area contributed by atoms with Gasteiger partial charge in [-0.2, -0.15) is 0 Å². The lowest BCUT2D eigenvalue weighted by Crippen LogP contribution is -2.46. The van der Waals surface area contributed by atoms with Crippen LogP contribution in [-0.2, 0) is 4.79 Å². The van der Waals surface area contributed by atoms with E-state index in [1.807, 2.05) is 42.5 Å². The van der Waals surface area contributed by atoms with Gasteiger partial charge in [-0.3, -0.25) is 9.69 Å². The van der Waals surface area contributed by atoms with Crippen molar-refractivity contribution >= 4 is 11.6 Å². The van der Waals surface area contributed by atoms with Crippen LogP contribution in [0.25, 0.3) is 11.1 Å².